The summed E-state index contributed by atoms with van der Waals surface area (Å²) in [6.07, 6.45) is 0.503. The van der Waals surface area contributed by atoms with Crippen LogP contribution in [0.1, 0.15) is 37.2 Å². The zero-order valence-corrected chi connectivity index (χ0v) is 15.5. The monoisotopic (exact) mass is 384 g/mol. The fraction of sp³-hybridized carbons (Fsp3) is 0.375. The summed E-state index contributed by atoms with van der Waals surface area (Å²) in [5.74, 6) is -1.85. The number of aryl methyl sites for hydroxylation is 1. The van der Waals surface area contributed by atoms with Gasteiger partial charge >= 0.3 is 5.97 Å². The van der Waals surface area contributed by atoms with Crippen molar-refractivity contribution in [1.29, 1.82) is 0 Å². The molecule has 0 spiro atoms. The zero-order chi connectivity index (χ0) is 18.7. The average molecular weight is 385 g/mol. The predicted octanol–water partition coefficient (Wildman–Crippen LogP) is 2.98. The number of hydrogen-bond acceptors (Lipinski definition) is 4. The lowest BCUT2D eigenvalue weighted by atomic mass is 10.0. The van der Waals surface area contributed by atoms with Crippen LogP contribution in [0.3, 0.4) is 0 Å². The van der Waals surface area contributed by atoms with Crippen molar-refractivity contribution in [2.45, 2.75) is 33.2 Å². The second-order valence-corrected chi connectivity index (χ2v) is 6.39. The number of carboxylic acids is 1. The van der Waals surface area contributed by atoms with Gasteiger partial charge in [0.25, 0.3) is 5.91 Å². The second-order valence-electron chi connectivity index (χ2n) is 5.58. The summed E-state index contributed by atoms with van der Waals surface area (Å²) in [6, 6.07) is 4.46. The maximum absolute atomic E-state index is 12.4. The minimum absolute atomic E-state index is 0.0720. The van der Waals surface area contributed by atoms with Gasteiger partial charge in [0.05, 0.1) is 16.0 Å². The molecule has 0 saturated heterocycles. The van der Waals surface area contributed by atoms with E-state index in [-0.39, 0.29) is 5.82 Å². The van der Waals surface area contributed by atoms with E-state index in [1.807, 2.05) is 6.92 Å². The minimum Gasteiger partial charge on any atom is -0.481 e. The minimum atomic E-state index is -0.997. The number of para-hydroxylation sites is 1. The Kier molecular flexibility index (Phi) is 6.02. The molecule has 9 heteroatoms. The molecule has 1 amide bonds. The molecule has 0 fully saturated rings. The highest BCUT2D eigenvalue weighted by Crippen LogP contribution is 2.28. The van der Waals surface area contributed by atoms with Crippen molar-refractivity contribution in [2.24, 2.45) is 5.92 Å². The quantitative estimate of drug-likeness (QED) is 0.797. The molecule has 0 radical (unpaired) electrons. The first kappa shape index (κ1) is 19.2. The molecule has 0 aliphatic rings. The Bertz CT molecular complexity index is 786. The third kappa shape index (κ3) is 4.11. The smallest absolute Gasteiger partial charge is 0.308 e. The van der Waals surface area contributed by atoms with Gasteiger partial charge in [-0.25, -0.2) is 9.67 Å². The van der Waals surface area contributed by atoms with Crippen molar-refractivity contribution in [3.63, 3.8) is 0 Å². The van der Waals surface area contributed by atoms with Crippen LogP contribution in [0.2, 0.25) is 10.0 Å². The maximum atomic E-state index is 12.4. The van der Waals surface area contributed by atoms with Crippen LogP contribution in [0.4, 0.5) is 0 Å². The van der Waals surface area contributed by atoms with Gasteiger partial charge in [-0.3, -0.25) is 9.59 Å². The maximum Gasteiger partial charge on any atom is 0.308 e. The number of nitrogens with zero attached hydrogens (tertiary/aromatic N) is 3. The standard InChI is InChI=1S/C16H18Cl2N4O3/c1-4-12-20-14(15(23)19-9(3)8(2)16(24)25)21-22(12)13-10(17)6-5-7-11(13)18/h5-9H,4H2,1-3H3,(H,19,23)(H,24,25). The Hall–Kier alpha value is -2.12. The van der Waals surface area contributed by atoms with E-state index in [4.69, 9.17) is 28.3 Å². The fourth-order valence-electron chi connectivity index (χ4n) is 2.15. The summed E-state index contributed by atoms with van der Waals surface area (Å²) >= 11 is 12.4. The van der Waals surface area contributed by atoms with E-state index in [1.54, 1.807) is 25.1 Å². The molecule has 1 aromatic heterocycles. The SMILES string of the molecule is CCc1nc(C(=O)NC(C)C(C)C(=O)O)nn1-c1c(Cl)cccc1Cl. The third-order valence-electron chi connectivity index (χ3n) is 3.84. The van der Waals surface area contributed by atoms with E-state index >= 15 is 0 Å². The number of aliphatic carboxylic acids is 1. The van der Waals surface area contributed by atoms with Crippen molar-refractivity contribution < 1.29 is 14.7 Å². The number of hydrogen-bond donors (Lipinski definition) is 2. The molecule has 25 heavy (non-hydrogen) atoms. The first-order valence-electron chi connectivity index (χ1n) is 7.70. The van der Waals surface area contributed by atoms with Crippen LogP contribution in [0.15, 0.2) is 18.2 Å². The first-order valence-corrected chi connectivity index (χ1v) is 8.45. The van der Waals surface area contributed by atoms with Gasteiger partial charge in [0.2, 0.25) is 5.82 Å². The highest BCUT2D eigenvalue weighted by atomic mass is 35.5. The molecule has 2 atom stereocenters. The van der Waals surface area contributed by atoms with Crippen molar-refractivity contribution in [1.82, 2.24) is 20.1 Å². The van der Waals surface area contributed by atoms with Crippen molar-refractivity contribution in [2.75, 3.05) is 0 Å². The molecule has 1 aromatic carbocycles. The molecule has 0 bridgehead atoms. The van der Waals surface area contributed by atoms with E-state index in [0.717, 1.165) is 0 Å². The lowest BCUT2D eigenvalue weighted by Gasteiger charge is -2.16. The molecule has 2 N–H and O–H groups in total. The fourth-order valence-corrected chi connectivity index (χ4v) is 2.71. The Morgan fingerprint density at radius 1 is 1.28 bits per heavy atom. The number of halogens is 2. The molecule has 1 heterocycles. The van der Waals surface area contributed by atoms with Crippen LogP contribution < -0.4 is 5.32 Å². The summed E-state index contributed by atoms with van der Waals surface area (Å²) in [4.78, 5) is 27.6. The molecular weight excluding hydrogens is 367 g/mol. The van der Waals surface area contributed by atoms with Gasteiger partial charge in [-0.2, -0.15) is 0 Å². The van der Waals surface area contributed by atoms with Crippen molar-refractivity contribution in [3.05, 3.63) is 39.9 Å². The number of carbonyl (C=O) groups excluding carboxylic acids is 1. The molecule has 2 rings (SSSR count). The van der Waals surface area contributed by atoms with E-state index < -0.39 is 23.8 Å². The van der Waals surface area contributed by atoms with Crippen LogP contribution in [0.5, 0.6) is 0 Å². The van der Waals surface area contributed by atoms with Gasteiger partial charge in [-0.1, -0.05) is 36.2 Å². The van der Waals surface area contributed by atoms with Gasteiger partial charge in [0, 0.05) is 12.5 Å². The van der Waals surface area contributed by atoms with Crippen molar-refractivity contribution >= 4 is 35.1 Å². The second kappa shape index (κ2) is 7.84. The van der Waals surface area contributed by atoms with Crippen molar-refractivity contribution in [3.8, 4) is 5.69 Å². The summed E-state index contributed by atoms with van der Waals surface area (Å²) < 4.78 is 1.44. The Labute approximate surface area is 155 Å². The number of carbonyl (C=O) groups is 2. The summed E-state index contributed by atoms with van der Waals surface area (Å²) in [7, 11) is 0. The molecule has 0 aliphatic heterocycles. The lowest BCUT2D eigenvalue weighted by molar-refractivity contribution is -0.141. The van der Waals surface area contributed by atoms with Gasteiger partial charge in [0.15, 0.2) is 0 Å². The van der Waals surface area contributed by atoms with Crippen LogP contribution in [-0.2, 0) is 11.2 Å². The van der Waals surface area contributed by atoms with Crippen LogP contribution in [-0.4, -0.2) is 37.8 Å². The topological polar surface area (TPSA) is 97.1 Å². The Balaban J connectivity index is 2.35. The number of nitrogens with one attached hydrogen (secondary N) is 1. The number of carboxylic acid groups (broad SMARTS) is 1. The largest absolute Gasteiger partial charge is 0.481 e. The highest BCUT2D eigenvalue weighted by Gasteiger charge is 2.24. The number of amides is 1. The molecule has 7 nitrogen and oxygen atoms in total. The zero-order valence-electron chi connectivity index (χ0n) is 14.0. The first-order chi connectivity index (χ1) is 11.8. The van der Waals surface area contributed by atoms with E-state index in [0.29, 0.717) is 28.0 Å². The van der Waals surface area contributed by atoms with Crippen LogP contribution in [0.25, 0.3) is 5.69 Å². The molecular formula is C16H18Cl2N4O3. The summed E-state index contributed by atoms with van der Waals surface area (Å²) in [5.41, 5.74) is 0.446. The van der Waals surface area contributed by atoms with Crippen LogP contribution in [0, 0.1) is 5.92 Å². The average Bonchev–Trinajstić information content (AvgIpc) is 2.97. The third-order valence-corrected chi connectivity index (χ3v) is 4.45. The molecule has 2 unspecified atom stereocenters. The Morgan fingerprint density at radius 3 is 2.40 bits per heavy atom. The predicted molar refractivity (Wildman–Crippen MR) is 94.5 cm³/mol. The summed E-state index contributed by atoms with van der Waals surface area (Å²) in [6.45, 7) is 4.99. The Morgan fingerprint density at radius 2 is 1.88 bits per heavy atom. The molecule has 2 aromatic rings. The number of benzene rings is 1. The van der Waals surface area contributed by atoms with Gasteiger partial charge < -0.3 is 10.4 Å². The van der Waals surface area contributed by atoms with Gasteiger partial charge in [-0.05, 0) is 26.0 Å². The summed E-state index contributed by atoms with van der Waals surface area (Å²) in [5, 5.41) is 16.6. The lowest BCUT2D eigenvalue weighted by Crippen LogP contribution is -2.40. The number of aromatic nitrogens is 3. The number of rotatable bonds is 6. The van der Waals surface area contributed by atoms with E-state index in [2.05, 4.69) is 15.4 Å². The van der Waals surface area contributed by atoms with Gasteiger partial charge in [-0.15, -0.1) is 5.10 Å². The van der Waals surface area contributed by atoms with Gasteiger partial charge in [0.1, 0.15) is 11.5 Å². The molecule has 0 aliphatic carbocycles. The molecule has 134 valence electrons. The highest BCUT2D eigenvalue weighted by molar-refractivity contribution is 6.37. The van der Waals surface area contributed by atoms with Crippen LogP contribution >= 0.6 is 23.2 Å². The molecule has 0 saturated carbocycles. The van der Waals surface area contributed by atoms with E-state index in [9.17, 15) is 9.59 Å². The normalized spacial score (nSPS) is 13.3. The van der Waals surface area contributed by atoms with E-state index in [1.165, 1.54) is 11.6 Å².